The summed E-state index contributed by atoms with van der Waals surface area (Å²) >= 11 is 0. The molecular formula is C20H25N3O2. The van der Waals surface area contributed by atoms with Crippen LogP contribution in [0.5, 0.6) is 0 Å². The third-order valence-electron chi connectivity index (χ3n) is 4.66. The lowest BCUT2D eigenvalue weighted by molar-refractivity contribution is -0.129. The van der Waals surface area contributed by atoms with Gasteiger partial charge in [-0.1, -0.05) is 12.1 Å². The van der Waals surface area contributed by atoms with Gasteiger partial charge < -0.3 is 14.8 Å². The summed E-state index contributed by atoms with van der Waals surface area (Å²) in [6.07, 6.45) is 4.56. The Morgan fingerprint density at radius 2 is 1.88 bits per heavy atom. The molecule has 132 valence electrons. The summed E-state index contributed by atoms with van der Waals surface area (Å²) in [5.41, 5.74) is 1.81. The number of rotatable bonds is 6. The summed E-state index contributed by atoms with van der Waals surface area (Å²) in [5.74, 6) is 0.304. The monoisotopic (exact) mass is 339 g/mol. The highest BCUT2D eigenvalue weighted by atomic mass is 16.2. The van der Waals surface area contributed by atoms with Gasteiger partial charge in [0, 0.05) is 56.0 Å². The summed E-state index contributed by atoms with van der Waals surface area (Å²) in [5, 5.41) is 2.96. The SMILES string of the molecule is CC(C)N1CC(CNC(=O)c2ccc(Cn3cccc3)cc2)CC1=O. The number of aromatic nitrogens is 1. The third-order valence-corrected chi connectivity index (χ3v) is 4.66. The Morgan fingerprint density at radius 1 is 1.20 bits per heavy atom. The predicted octanol–water partition coefficient (Wildman–Crippen LogP) is 2.52. The van der Waals surface area contributed by atoms with Crippen LogP contribution in [0.4, 0.5) is 0 Å². The van der Waals surface area contributed by atoms with E-state index in [1.54, 1.807) is 0 Å². The number of hydrogen-bond acceptors (Lipinski definition) is 2. The molecule has 1 aromatic carbocycles. The second-order valence-corrected chi connectivity index (χ2v) is 6.97. The van der Waals surface area contributed by atoms with Crippen LogP contribution in [0.1, 0.15) is 36.2 Å². The summed E-state index contributed by atoms with van der Waals surface area (Å²) in [6, 6.07) is 11.9. The van der Waals surface area contributed by atoms with Gasteiger partial charge >= 0.3 is 0 Å². The highest BCUT2D eigenvalue weighted by Crippen LogP contribution is 2.19. The van der Waals surface area contributed by atoms with E-state index in [2.05, 4.69) is 9.88 Å². The number of carbonyl (C=O) groups is 2. The summed E-state index contributed by atoms with van der Waals surface area (Å²) in [7, 11) is 0. The Balaban J connectivity index is 1.51. The van der Waals surface area contributed by atoms with Crippen molar-refractivity contribution in [1.29, 1.82) is 0 Å². The molecule has 3 rings (SSSR count). The first-order chi connectivity index (χ1) is 12.0. The number of nitrogens with one attached hydrogen (secondary N) is 1. The van der Waals surface area contributed by atoms with Crippen LogP contribution in [0.3, 0.4) is 0 Å². The number of carbonyl (C=O) groups excluding carboxylic acids is 2. The fraction of sp³-hybridized carbons (Fsp3) is 0.400. The number of nitrogens with zero attached hydrogens (tertiary/aromatic N) is 2. The Morgan fingerprint density at radius 3 is 2.48 bits per heavy atom. The normalized spacial score (nSPS) is 17.3. The second kappa shape index (κ2) is 7.55. The van der Waals surface area contributed by atoms with Gasteiger partial charge in [-0.3, -0.25) is 9.59 Å². The lowest BCUT2D eigenvalue weighted by Gasteiger charge is -2.21. The molecule has 1 saturated heterocycles. The minimum Gasteiger partial charge on any atom is -0.352 e. The molecule has 0 saturated carbocycles. The summed E-state index contributed by atoms with van der Waals surface area (Å²) in [4.78, 5) is 26.1. The molecule has 1 N–H and O–H groups in total. The zero-order valence-electron chi connectivity index (χ0n) is 14.8. The average Bonchev–Trinajstić information content (AvgIpc) is 3.23. The van der Waals surface area contributed by atoms with Crippen LogP contribution >= 0.6 is 0 Å². The van der Waals surface area contributed by atoms with Crippen molar-refractivity contribution < 1.29 is 9.59 Å². The standard InChI is InChI=1S/C20H25N3O2/c1-15(2)23-14-17(11-19(23)24)12-21-20(25)18-7-5-16(6-8-18)13-22-9-3-4-10-22/h3-10,15,17H,11-14H2,1-2H3,(H,21,25). The van der Waals surface area contributed by atoms with Crippen LogP contribution in [0.25, 0.3) is 0 Å². The van der Waals surface area contributed by atoms with E-state index >= 15 is 0 Å². The summed E-state index contributed by atoms with van der Waals surface area (Å²) in [6.45, 7) is 6.11. The molecule has 0 aliphatic carbocycles. The molecule has 0 bridgehead atoms. The van der Waals surface area contributed by atoms with Crippen molar-refractivity contribution >= 4 is 11.8 Å². The molecule has 1 fully saturated rings. The number of benzene rings is 1. The van der Waals surface area contributed by atoms with E-state index in [-0.39, 0.29) is 23.8 Å². The van der Waals surface area contributed by atoms with Crippen molar-refractivity contribution in [2.24, 2.45) is 5.92 Å². The Bertz CT molecular complexity index is 720. The summed E-state index contributed by atoms with van der Waals surface area (Å²) < 4.78 is 2.09. The maximum Gasteiger partial charge on any atom is 0.251 e. The van der Waals surface area contributed by atoms with Crippen LogP contribution < -0.4 is 5.32 Å². The van der Waals surface area contributed by atoms with E-state index in [9.17, 15) is 9.59 Å². The molecular weight excluding hydrogens is 314 g/mol. The Kier molecular flexibility index (Phi) is 5.22. The minimum atomic E-state index is -0.0806. The molecule has 1 aliphatic rings. The van der Waals surface area contributed by atoms with E-state index in [1.165, 1.54) is 0 Å². The van der Waals surface area contributed by atoms with Crippen LogP contribution in [0.2, 0.25) is 0 Å². The molecule has 1 atom stereocenters. The molecule has 1 unspecified atom stereocenters. The zero-order chi connectivity index (χ0) is 17.8. The minimum absolute atomic E-state index is 0.0806. The van der Waals surface area contributed by atoms with E-state index in [1.807, 2.05) is 67.5 Å². The first-order valence-electron chi connectivity index (χ1n) is 8.80. The van der Waals surface area contributed by atoms with Gasteiger partial charge in [0.1, 0.15) is 0 Å². The van der Waals surface area contributed by atoms with Gasteiger partial charge in [-0.05, 0) is 43.7 Å². The van der Waals surface area contributed by atoms with E-state index in [4.69, 9.17) is 0 Å². The smallest absolute Gasteiger partial charge is 0.251 e. The first kappa shape index (κ1) is 17.3. The zero-order valence-corrected chi connectivity index (χ0v) is 14.8. The van der Waals surface area contributed by atoms with Gasteiger partial charge in [-0.25, -0.2) is 0 Å². The quantitative estimate of drug-likeness (QED) is 0.879. The maximum atomic E-state index is 12.3. The Hall–Kier alpha value is -2.56. The number of amides is 2. The van der Waals surface area contributed by atoms with Crippen LogP contribution in [-0.2, 0) is 11.3 Å². The molecule has 0 radical (unpaired) electrons. The average molecular weight is 339 g/mol. The highest BCUT2D eigenvalue weighted by molar-refractivity contribution is 5.94. The molecule has 0 spiro atoms. The fourth-order valence-electron chi connectivity index (χ4n) is 3.23. The maximum absolute atomic E-state index is 12.3. The molecule has 2 aromatic rings. The van der Waals surface area contributed by atoms with Crippen molar-refractivity contribution in [2.45, 2.75) is 32.9 Å². The van der Waals surface area contributed by atoms with Crippen LogP contribution in [0.15, 0.2) is 48.8 Å². The van der Waals surface area contributed by atoms with Crippen LogP contribution in [0, 0.1) is 5.92 Å². The molecule has 2 heterocycles. The van der Waals surface area contributed by atoms with E-state index < -0.39 is 0 Å². The lowest BCUT2D eigenvalue weighted by atomic mass is 10.1. The van der Waals surface area contributed by atoms with Crippen molar-refractivity contribution in [2.75, 3.05) is 13.1 Å². The van der Waals surface area contributed by atoms with Gasteiger partial charge in [0.05, 0.1) is 0 Å². The van der Waals surface area contributed by atoms with Crippen molar-refractivity contribution in [3.05, 3.63) is 59.9 Å². The van der Waals surface area contributed by atoms with Crippen molar-refractivity contribution in [3.63, 3.8) is 0 Å². The van der Waals surface area contributed by atoms with E-state index in [0.29, 0.717) is 18.5 Å². The van der Waals surface area contributed by atoms with Gasteiger partial charge in [-0.15, -0.1) is 0 Å². The van der Waals surface area contributed by atoms with Gasteiger partial charge in [-0.2, -0.15) is 0 Å². The van der Waals surface area contributed by atoms with Gasteiger partial charge in [0.2, 0.25) is 5.91 Å². The molecule has 2 amide bonds. The first-order valence-corrected chi connectivity index (χ1v) is 8.80. The topological polar surface area (TPSA) is 54.3 Å². The lowest BCUT2D eigenvalue weighted by Crippen LogP contribution is -2.34. The molecule has 5 heteroatoms. The Labute approximate surface area is 148 Å². The largest absolute Gasteiger partial charge is 0.352 e. The second-order valence-electron chi connectivity index (χ2n) is 6.97. The molecule has 1 aromatic heterocycles. The molecule has 1 aliphatic heterocycles. The predicted molar refractivity (Wildman–Crippen MR) is 97.3 cm³/mol. The number of hydrogen-bond donors (Lipinski definition) is 1. The molecule has 25 heavy (non-hydrogen) atoms. The fourth-order valence-corrected chi connectivity index (χ4v) is 3.23. The third kappa shape index (κ3) is 4.29. The van der Waals surface area contributed by atoms with Crippen molar-refractivity contribution in [3.8, 4) is 0 Å². The van der Waals surface area contributed by atoms with Gasteiger partial charge in [0.25, 0.3) is 5.91 Å². The molecule has 5 nitrogen and oxygen atoms in total. The van der Waals surface area contributed by atoms with Gasteiger partial charge in [0.15, 0.2) is 0 Å². The number of likely N-dealkylation sites (tertiary alicyclic amines) is 1. The highest BCUT2D eigenvalue weighted by Gasteiger charge is 2.31. The van der Waals surface area contributed by atoms with Crippen molar-refractivity contribution in [1.82, 2.24) is 14.8 Å². The van der Waals surface area contributed by atoms with Crippen LogP contribution in [-0.4, -0.2) is 40.4 Å². The van der Waals surface area contributed by atoms with E-state index in [0.717, 1.165) is 18.7 Å².